The summed E-state index contributed by atoms with van der Waals surface area (Å²) in [6.07, 6.45) is 1.09. The Morgan fingerprint density at radius 2 is 2.27 bits per heavy atom. The largest absolute Gasteiger partial charge is 0.627 e. The SMILES string of the molecule is CCOC(=O)C1=CC(C)O[P+]1([O-])OCC. The molecule has 0 aromatic carbocycles. The number of hydrogen-bond donors (Lipinski definition) is 0. The van der Waals surface area contributed by atoms with Gasteiger partial charge in [-0.1, -0.05) is 0 Å². The number of esters is 1. The van der Waals surface area contributed by atoms with E-state index in [1.54, 1.807) is 20.8 Å². The van der Waals surface area contributed by atoms with Crippen molar-refractivity contribution in [1.29, 1.82) is 0 Å². The van der Waals surface area contributed by atoms with Gasteiger partial charge in [0.25, 0.3) is 7.94 Å². The molecule has 1 heterocycles. The molecule has 1 aliphatic heterocycles. The van der Waals surface area contributed by atoms with E-state index in [-0.39, 0.29) is 24.6 Å². The first-order valence-electron chi connectivity index (χ1n) is 4.86. The summed E-state index contributed by atoms with van der Waals surface area (Å²) in [4.78, 5) is 23.5. The molecule has 0 fully saturated rings. The van der Waals surface area contributed by atoms with Crippen LogP contribution in [0.25, 0.3) is 0 Å². The average Bonchev–Trinajstić information content (AvgIpc) is 2.42. The van der Waals surface area contributed by atoms with Crippen LogP contribution in [0.4, 0.5) is 0 Å². The molecule has 1 rings (SSSR count). The van der Waals surface area contributed by atoms with Gasteiger partial charge in [0.2, 0.25) is 5.31 Å². The standard InChI is InChI=1S/C9H15O5P/c1-4-12-9(10)8-6-7(3)14-15(8,11)13-5-2/h6-7H,4-5H2,1-3H3. The molecule has 0 aromatic heterocycles. The Morgan fingerprint density at radius 3 is 2.80 bits per heavy atom. The second-order valence-corrected chi connectivity index (χ2v) is 4.94. The van der Waals surface area contributed by atoms with Crippen molar-refractivity contribution >= 4 is 13.9 Å². The summed E-state index contributed by atoms with van der Waals surface area (Å²) in [7, 11) is -3.44. The molecule has 0 radical (unpaired) electrons. The number of carbonyl (C=O) groups is 1. The van der Waals surface area contributed by atoms with Gasteiger partial charge in [-0.05, 0) is 20.8 Å². The zero-order valence-electron chi connectivity index (χ0n) is 9.06. The van der Waals surface area contributed by atoms with Gasteiger partial charge in [0.05, 0.1) is 13.2 Å². The molecule has 0 saturated carbocycles. The maximum Gasteiger partial charge on any atom is 0.378 e. The van der Waals surface area contributed by atoms with Crippen LogP contribution in [0.5, 0.6) is 0 Å². The molecule has 0 aromatic rings. The van der Waals surface area contributed by atoms with Gasteiger partial charge in [-0.2, -0.15) is 4.52 Å². The van der Waals surface area contributed by atoms with E-state index in [9.17, 15) is 9.69 Å². The molecule has 0 spiro atoms. The lowest BCUT2D eigenvalue weighted by molar-refractivity contribution is -0.215. The van der Waals surface area contributed by atoms with Gasteiger partial charge >= 0.3 is 5.97 Å². The molecule has 0 aliphatic carbocycles. The van der Waals surface area contributed by atoms with Crippen molar-refractivity contribution in [2.24, 2.45) is 0 Å². The molecule has 0 N–H and O–H groups in total. The van der Waals surface area contributed by atoms with Crippen molar-refractivity contribution in [3.05, 3.63) is 11.4 Å². The Bertz CT molecular complexity index is 278. The van der Waals surface area contributed by atoms with Crippen LogP contribution in [-0.4, -0.2) is 25.3 Å². The van der Waals surface area contributed by atoms with Crippen LogP contribution in [0.1, 0.15) is 20.8 Å². The first kappa shape index (κ1) is 12.6. The van der Waals surface area contributed by atoms with Crippen LogP contribution in [0.3, 0.4) is 0 Å². The zero-order chi connectivity index (χ0) is 11.5. The molecule has 2 atom stereocenters. The molecule has 2 unspecified atom stereocenters. The topological polar surface area (TPSA) is 67.8 Å². The van der Waals surface area contributed by atoms with Gasteiger partial charge < -0.3 is 9.63 Å². The highest BCUT2D eigenvalue weighted by Gasteiger charge is 2.48. The third-order valence-corrected chi connectivity index (χ3v) is 3.91. The number of ether oxygens (including phenoxy) is 1. The first-order chi connectivity index (χ1) is 7.03. The van der Waals surface area contributed by atoms with Crippen molar-refractivity contribution in [3.63, 3.8) is 0 Å². The monoisotopic (exact) mass is 234 g/mol. The van der Waals surface area contributed by atoms with Crippen molar-refractivity contribution in [2.45, 2.75) is 26.9 Å². The van der Waals surface area contributed by atoms with E-state index in [0.29, 0.717) is 0 Å². The zero-order valence-corrected chi connectivity index (χ0v) is 9.95. The Balaban J connectivity index is 2.82. The van der Waals surface area contributed by atoms with Crippen LogP contribution in [0.2, 0.25) is 0 Å². The minimum Gasteiger partial charge on any atom is -0.627 e. The summed E-state index contributed by atoms with van der Waals surface area (Å²) in [5, 5.41) is 0.0127. The van der Waals surface area contributed by atoms with Gasteiger partial charge in [0.1, 0.15) is 6.10 Å². The van der Waals surface area contributed by atoms with Gasteiger partial charge in [-0.25, -0.2) is 9.32 Å². The minimum atomic E-state index is -3.44. The highest BCUT2D eigenvalue weighted by Crippen LogP contribution is 2.64. The first-order valence-corrected chi connectivity index (χ1v) is 6.40. The molecule has 5 nitrogen and oxygen atoms in total. The smallest absolute Gasteiger partial charge is 0.378 e. The molecule has 6 heteroatoms. The average molecular weight is 234 g/mol. The van der Waals surface area contributed by atoms with Gasteiger partial charge in [0, 0.05) is 6.08 Å². The lowest BCUT2D eigenvalue weighted by Gasteiger charge is -2.23. The van der Waals surface area contributed by atoms with Gasteiger partial charge in [0.15, 0.2) is 0 Å². The van der Waals surface area contributed by atoms with Gasteiger partial charge in [-0.15, -0.1) is 0 Å². The molecule has 0 amide bonds. The molecule has 0 bridgehead atoms. The fourth-order valence-corrected chi connectivity index (χ4v) is 3.11. The third kappa shape index (κ3) is 2.75. The second-order valence-electron chi connectivity index (χ2n) is 3.00. The van der Waals surface area contributed by atoms with Crippen molar-refractivity contribution < 1.29 is 23.5 Å². The lowest BCUT2D eigenvalue weighted by Crippen LogP contribution is -2.20. The maximum absolute atomic E-state index is 12.1. The van der Waals surface area contributed by atoms with Crippen molar-refractivity contribution in [3.8, 4) is 0 Å². The molecule has 86 valence electrons. The summed E-state index contributed by atoms with van der Waals surface area (Å²) in [5.41, 5.74) is 0. The number of hydrogen-bond acceptors (Lipinski definition) is 5. The van der Waals surface area contributed by atoms with Gasteiger partial charge in [-0.3, -0.25) is 0 Å². The van der Waals surface area contributed by atoms with Crippen molar-refractivity contribution in [1.82, 2.24) is 0 Å². The van der Waals surface area contributed by atoms with E-state index in [2.05, 4.69) is 0 Å². The quantitative estimate of drug-likeness (QED) is 0.536. The molecule has 0 saturated heterocycles. The van der Waals surface area contributed by atoms with E-state index in [4.69, 9.17) is 13.8 Å². The Morgan fingerprint density at radius 1 is 1.60 bits per heavy atom. The highest BCUT2D eigenvalue weighted by molar-refractivity contribution is 7.65. The summed E-state index contributed by atoms with van der Waals surface area (Å²) in [6, 6.07) is 0. The summed E-state index contributed by atoms with van der Waals surface area (Å²) in [5.74, 6) is -0.626. The Hall–Kier alpha value is -0.480. The van der Waals surface area contributed by atoms with Crippen LogP contribution in [0.15, 0.2) is 11.4 Å². The number of rotatable bonds is 4. The molecule has 15 heavy (non-hydrogen) atoms. The van der Waals surface area contributed by atoms with E-state index in [1.165, 1.54) is 6.08 Å². The summed E-state index contributed by atoms with van der Waals surface area (Å²) < 4.78 is 14.9. The third-order valence-electron chi connectivity index (χ3n) is 1.78. The predicted molar refractivity (Wildman–Crippen MR) is 53.8 cm³/mol. The Kier molecular flexibility index (Phi) is 4.22. The van der Waals surface area contributed by atoms with Crippen molar-refractivity contribution in [2.75, 3.05) is 13.2 Å². The van der Waals surface area contributed by atoms with Crippen LogP contribution in [0, 0.1) is 0 Å². The molecular weight excluding hydrogens is 219 g/mol. The Labute approximate surface area is 89.6 Å². The van der Waals surface area contributed by atoms with Crippen LogP contribution >= 0.6 is 7.94 Å². The van der Waals surface area contributed by atoms with E-state index >= 15 is 0 Å². The minimum absolute atomic E-state index is 0.0127. The van der Waals surface area contributed by atoms with Crippen LogP contribution < -0.4 is 4.89 Å². The molecule has 1 aliphatic rings. The second kappa shape index (κ2) is 5.03. The lowest BCUT2D eigenvalue weighted by atomic mass is 10.3. The fraction of sp³-hybridized carbons (Fsp3) is 0.667. The van der Waals surface area contributed by atoms with E-state index < -0.39 is 13.9 Å². The van der Waals surface area contributed by atoms with Crippen LogP contribution in [-0.2, 0) is 18.6 Å². The fourth-order valence-electron chi connectivity index (χ4n) is 1.27. The summed E-state index contributed by atoms with van der Waals surface area (Å²) in [6.45, 7) is 5.52. The molecular formula is C9H15O5P. The van der Waals surface area contributed by atoms with E-state index in [0.717, 1.165) is 0 Å². The predicted octanol–water partition coefficient (Wildman–Crippen LogP) is 1.01. The summed E-state index contributed by atoms with van der Waals surface area (Å²) >= 11 is 0. The normalized spacial score (nSPS) is 30.1. The number of carbonyl (C=O) groups excluding carboxylic acids is 1. The highest BCUT2D eigenvalue weighted by atomic mass is 31.2. The maximum atomic E-state index is 12.1. The van der Waals surface area contributed by atoms with E-state index in [1.807, 2.05) is 0 Å².